The maximum atomic E-state index is 5.46. The molecule has 0 N–H and O–H groups in total. The Balaban J connectivity index is 3.16. The van der Waals surface area contributed by atoms with E-state index in [2.05, 4.69) is 6.92 Å². The van der Waals surface area contributed by atoms with Crippen molar-refractivity contribution in [3.05, 3.63) is 0 Å². The fourth-order valence-electron chi connectivity index (χ4n) is 0.597. The van der Waals surface area contributed by atoms with Crippen LogP contribution in [0, 0.1) is 0 Å². The van der Waals surface area contributed by atoms with Crippen molar-refractivity contribution in [1.82, 2.24) is 3.94 Å². The van der Waals surface area contributed by atoms with Gasteiger partial charge in [-0.25, -0.2) is 0 Å². The molecule has 0 aromatic heterocycles. The van der Waals surface area contributed by atoms with Gasteiger partial charge in [0, 0.05) is 6.04 Å². The summed E-state index contributed by atoms with van der Waals surface area (Å²) in [5.74, 6) is 0. The van der Waals surface area contributed by atoms with Crippen LogP contribution in [0.1, 0.15) is 33.1 Å². The first-order valence-electron chi connectivity index (χ1n) is 3.29. The van der Waals surface area contributed by atoms with Gasteiger partial charge in [-0.15, -0.1) is 3.94 Å². The first-order chi connectivity index (χ1) is 4.18. The lowest BCUT2D eigenvalue weighted by molar-refractivity contribution is 0.472. The third-order valence-corrected chi connectivity index (χ3v) is 1.98. The summed E-state index contributed by atoms with van der Waals surface area (Å²) >= 11 is 10.9. The Hall–Kier alpha value is 0.540. The maximum Gasteiger partial charge on any atom is 0.0388 e. The number of nitrogens with zero attached hydrogens (tertiary/aromatic N) is 1. The molecule has 1 nitrogen and oxygen atoms in total. The highest BCUT2D eigenvalue weighted by Crippen LogP contribution is 2.12. The zero-order chi connectivity index (χ0) is 7.28. The Bertz CT molecular complexity index is 66.1. The van der Waals surface area contributed by atoms with Crippen molar-refractivity contribution in [2.75, 3.05) is 0 Å². The van der Waals surface area contributed by atoms with Crippen LogP contribution in [0.5, 0.6) is 0 Å². The molecule has 0 radical (unpaired) electrons. The van der Waals surface area contributed by atoms with Gasteiger partial charge in [-0.05, 0) is 36.9 Å². The van der Waals surface area contributed by atoms with Gasteiger partial charge in [-0.3, -0.25) is 0 Å². The molecular formula is C6H13Cl2N. The summed E-state index contributed by atoms with van der Waals surface area (Å²) in [6.07, 6.45) is 3.46. The second kappa shape index (κ2) is 5.33. The Labute approximate surface area is 67.2 Å². The van der Waals surface area contributed by atoms with Gasteiger partial charge in [0.05, 0.1) is 0 Å². The lowest BCUT2D eigenvalue weighted by Crippen LogP contribution is -2.13. The van der Waals surface area contributed by atoms with E-state index in [9.17, 15) is 0 Å². The molecule has 0 rings (SSSR count). The molecular weight excluding hydrogens is 157 g/mol. The van der Waals surface area contributed by atoms with E-state index >= 15 is 0 Å². The monoisotopic (exact) mass is 169 g/mol. The highest BCUT2D eigenvalue weighted by atomic mass is 35.5. The van der Waals surface area contributed by atoms with Crippen molar-refractivity contribution >= 4 is 23.6 Å². The first-order valence-corrected chi connectivity index (χ1v) is 3.97. The molecule has 0 aliphatic heterocycles. The third kappa shape index (κ3) is 5.01. The molecule has 3 heteroatoms. The second-order valence-corrected chi connectivity index (χ2v) is 3.15. The van der Waals surface area contributed by atoms with E-state index in [4.69, 9.17) is 23.6 Å². The molecule has 0 amide bonds. The lowest BCUT2D eigenvalue weighted by atomic mass is 10.2. The minimum Gasteiger partial charge on any atom is -0.129 e. The van der Waals surface area contributed by atoms with E-state index in [-0.39, 0.29) is 6.04 Å². The van der Waals surface area contributed by atoms with E-state index in [1.54, 1.807) is 0 Å². The molecule has 0 aliphatic carbocycles. The molecule has 0 bridgehead atoms. The largest absolute Gasteiger partial charge is 0.129 e. The average molecular weight is 170 g/mol. The van der Waals surface area contributed by atoms with E-state index in [0.29, 0.717) is 0 Å². The summed E-state index contributed by atoms with van der Waals surface area (Å²) in [6, 6.07) is 0.285. The highest BCUT2D eigenvalue weighted by molar-refractivity contribution is 6.33. The normalized spacial score (nSPS) is 14.3. The number of unbranched alkanes of at least 4 members (excludes halogenated alkanes) is 1. The molecule has 0 saturated carbocycles. The first kappa shape index (κ1) is 9.54. The zero-order valence-corrected chi connectivity index (χ0v) is 7.41. The SMILES string of the molecule is CCCCC(C)N(Cl)Cl. The fraction of sp³-hybridized carbons (Fsp3) is 1.00. The van der Waals surface area contributed by atoms with Gasteiger partial charge >= 0.3 is 0 Å². The summed E-state index contributed by atoms with van der Waals surface area (Å²) in [6.45, 7) is 4.16. The molecule has 56 valence electrons. The molecule has 0 heterocycles. The molecule has 0 aliphatic rings. The molecule has 0 fully saturated rings. The maximum absolute atomic E-state index is 5.46. The predicted octanol–water partition coefficient (Wildman–Crippen LogP) is 3.17. The second-order valence-electron chi connectivity index (χ2n) is 2.25. The van der Waals surface area contributed by atoms with Crippen LogP contribution in [0.3, 0.4) is 0 Å². The highest BCUT2D eigenvalue weighted by Gasteiger charge is 2.05. The molecule has 0 spiro atoms. The molecule has 1 atom stereocenters. The van der Waals surface area contributed by atoms with Gasteiger partial charge in [-0.2, -0.15) is 0 Å². The number of halogens is 2. The zero-order valence-electron chi connectivity index (χ0n) is 5.90. The van der Waals surface area contributed by atoms with E-state index < -0.39 is 0 Å². The molecule has 1 unspecified atom stereocenters. The quantitative estimate of drug-likeness (QED) is 0.585. The molecule has 0 aromatic rings. The number of hydrogen-bond donors (Lipinski definition) is 0. The van der Waals surface area contributed by atoms with Crippen molar-refractivity contribution < 1.29 is 0 Å². The third-order valence-electron chi connectivity index (χ3n) is 1.31. The lowest BCUT2D eigenvalue weighted by Gasteiger charge is -2.12. The van der Waals surface area contributed by atoms with Crippen LogP contribution in [0.4, 0.5) is 0 Å². The van der Waals surface area contributed by atoms with Crippen molar-refractivity contribution in [3.8, 4) is 0 Å². The van der Waals surface area contributed by atoms with Crippen LogP contribution < -0.4 is 0 Å². The minimum absolute atomic E-state index is 0.285. The van der Waals surface area contributed by atoms with Gasteiger partial charge in [0.25, 0.3) is 0 Å². The van der Waals surface area contributed by atoms with Gasteiger partial charge < -0.3 is 0 Å². The van der Waals surface area contributed by atoms with E-state index in [0.717, 1.165) is 6.42 Å². The minimum atomic E-state index is 0.285. The number of hydrogen-bond acceptors (Lipinski definition) is 1. The Morgan fingerprint density at radius 3 is 2.33 bits per heavy atom. The topological polar surface area (TPSA) is 3.24 Å². The smallest absolute Gasteiger partial charge is 0.0388 e. The number of rotatable bonds is 4. The van der Waals surface area contributed by atoms with Gasteiger partial charge in [-0.1, -0.05) is 19.8 Å². The summed E-state index contributed by atoms with van der Waals surface area (Å²) in [7, 11) is 0. The average Bonchev–Trinajstić information content (AvgIpc) is 1.82. The van der Waals surface area contributed by atoms with Crippen LogP contribution >= 0.6 is 23.6 Å². The fourth-order valence-corrected chi connectivity index (χ4v) is 0.792. The van der Waals surface area contributed by atoms with Crippen LogP contribution in [-0.4, -0.2) is 9.98 Å². The van der Waals surface area contributed by atoms with Crippen LogP contribution in [0.2, 0.25) is 0 Å². The Morgan fingerprint density at radius 1 is 1.44 bits per heavy atom. The van der Waals surface area contributed by atoms with E-state index in [1.807, 2.05) is 6.92 Å². The summed E-state index contributed by atoms with van der Waals surface area (Å²) in [5, 5.41) is 0. The van der Waals surface area contributed by atoms with Crippen molar-refractivity contribution in [2.24, 2.45) is 0 Å². The summed E-state index contributed by atoms with van der Waals surface area (Å²) in [4.78, 5) is 0. The molecule has 9 heavy (non-hydrogen) atoms. The van der Waals surface area contributed by atoms with Gasteiger partial charge in [0.1, 0.15) is 0 Å². The van der Waals surface area contributed by atoms with Gasteiger partial charge in [0.15, 0.2) is 0 Å². The van der Waals surface area contributed by atoms with E-state index in [1.165, 1.54) is 16.8 Å². The Kier molecular flexibility index (Phi) is 5.65. The van der Waals surface area contributed by atoms with Gasteiger partial charge in [0.2, 0.25) is 0 Å². The standard InChI is InChI=1S/C6H13Cl2N/c1-3-4-5-6(2)9(7)8/h6H,3-5H2,1-2H3. The van der Waals surface area contributed by atoms with Crippen molar-refractivity contribution in [3.63, 3.8) is 0 Å². The van der Waals surface area contributed by atoms with Crippen LogP contribution in [0.15, 0.2) is 0 Å². The molecule has 0 aromatic carbocycles. The summed E-state index contributed by atoms with van der Waals surface area (Å²) in [5.41, 5.74) is 0. The van der Waals surface area contributed by atoms with Crippen LogP contribution in [-0.2, 0) is 0 Å². The Morgan fingerprint density at radius 2 is 2.00 bits per heavy atom. The van der Waals surface area contributed by atoms with Crippen molar-refractivity contribution in [2.45, 2.75) is 39.2 Å². The van der Waals surface area contributed by atoms with Crippen LogP contribution in [0.25, 0.3) is 0 Å². The molecule has 0 saturated heterocycles. The summed E-state index contributed by atoms with van der Waals surface area (Å²) < 4.78 is 1.22. The van der Waals surface area contributed by atoms with Crippen molar-refractivity contribution in [1.29, 1.82) is 0 Å². The predicted molar refractivity (Wildman–Crippen MR) is 42.5 cm³/mol.